The minimum absolute atomic E-state index is 0. The molecule has 0 aliphatic carbocycles. The van der Waals surface area contributed by atoms with Gasteiger partial charge >= 0.3 is 0 Å². The molecule has 1 aromatic carbocycles. The SMILES string of the molecule is Cl.O=C(C1CNCCO1)N1CCN(S(=O)(=O)c2ccccc2)CC1. The number of carbonyl (C=O) groups is 1. The lowest BCUT2D eigenvalue weighted by atomic mass is 10.2. The number of amides is 1. The van der Waals surface area contributed by atoms with Crippen LogP contribution in [-0.4, -0.2) is 75.5 Å². The molecule has 0 saturated carbocycles. The van der Waals surface area contributed by atoms with Crippen LogP contribution in [0.3, 0.4) is 0 Å². The lowest BCUT2D eigenvalue weighted by Gasteiger charge is -2.36. The van der Waals surface area contributed by atoms with Gasteiger partial charge in [0.1, 0.15) is 6.10 Å². The second kappa shape index (κ2) is 8.26. The fraction of sp³-hybridized carbons (Fsp3) is 0.533. The Labute approximate surface area is 148 Å². The second-order valence-electron chi connectivity index (χ2n) is 5.61. The molecule has 3 rings (SSSR count). The molecule has 2 saturated heterocycles. The third-order valence-corrected chi connectivity index (χ3v) is 6.05. The van der Waals surface area contributed by atoms with Gasteiger partial charge in [-0.3, -0.25) is 4.79 Å². The second-order valence-corrected chi connectivity index (χ2v) is 7.54. The summed E-state index contributed by atoms with van der Waals surface area (Å²) in [6, 6.07) is 8.39. The summed E-state index contributed by atoms with van der Waals surface area (Å²) in [5.41, 5.74) is 0. The Morgan fingerprint density at radius 2 is 1.79 bits per heavy atom. The van der Waals surface area contributed by atoms with Gasteiger partial charge in [0, 0.05) is 39.3 Å². The maximum absolute atomic E-state index is 12.6. The number of hydrogen-bond donors (Lipinski definition) is 1. The Kier molecular flexibility index (Phi) is 6.59. The number of benzene rings is 1. The van der Waals surface area contributed by atoms with Crippen LogP contribution in [0.1, 0.15) is 0 Å². The van der Waals surface area contributed by atoms with Gasteiger partial charge in [-0.25, -0.2) is 8.42 Å². The first-order valence-corrected chi connectivity index (χ1v) is 9.19. The predicted octanol–water partition coefficient (Wildman–Crippen LogP) is -0.0703. The summed E-state index contributed by atoms with van der Waals surface area (Å²) in [5, 5.41) is 3.13. The molecule has 1 N–H and O–H groups in total. The molecule has 24 heavy (non-hydrogen) atoms. The number of rotatable bonds is 3. The summed E-state index contributed by atoms with van der Waals surface area (Å²) in [6.45, 7) is 3.20. The molecule has 1 atom stereocenters. The molecular weight excluding hydrogens is 354 g/mol. The van der Waals surface area contributed by atoms with Gasteiger partial charge in [0.05, 0.1) is 11.5 Å². The zero-order valence-electron chi connectivity index (χ0n) is 13.3. The molecule has 0 spiro atoms. The summed E-state index contributed by atoms with van der Waals surface area (Å²) >= 11 is 0. The zero-order valence-corrected chi connectivity index (χ0v) is 14.9. The summed E-state index contributed by atoms with van der Waals surface area (Å²) in [6.07, 6.45) is -0.457. The van der Waals surface area contributed by atoms with Crippen LogP contribution in [0.4, 0.5) is 0 Å². The van der Waals surface area contributed by atoms with Gasteiger partial charge < -0.3 is 15.0 Å². The standard InChI is InChI=1S/C15H21N3O4S.ClH/c19-15(14-12-16-6-11-22-14)17-7-9-18(10-8-17)23(20,21)13-4-2-1-3-5-13;/h1-5,14,16H,6-12H2;1H. The van der Waals surface area contributed by atoms with E-state index in [0.29, 0.717) is 44.2 Å². The number of carbonyl (C=O) groups excluding carboxylic acids is 1. The zero-order chi connectivity index (χ0) is 16.3. The monoisotopic (exact) mass is 375 g/mol. The summed E-state index contributed by atoms with van der Waals surface area (Å²) in [5.74, 6) is -0.0611. The van der Waals surface area contributed by atoms with Gasteiger partial charge in [-0.1, -0.05) is 18.2 Å². The molecule has 134 valence electrons. The van der Waals surface area contributed by atoms with E-state index in [0.717, 1.165) is 6.54 Å². The predicted molar refractivity (Wildman–Crippen MR) is 91.6 cm³/mol. The number of hydrogen-bond acceptors (Lipinski definition) is 5. The van der Waals surface area contributed by atoms with Crippen molar-refractivity contribution in [2.45, 2.75) is 11.0 Å². The van der Waals surface area contributed by atoms with Gasteiger partial charge in [0.15, 0.2) is 0 Å². The van der Waals surface area contributed by atoms with Crippen molar-refractivity contribution in [3.63, 3.8) is 0 Å². The summed E-state index contributed by atoms with van der Waals surface area (Å²) in [7, 11) is -3.48. The smallest absolute Gasteiger partial charge is 0.253 e. The number of nitrogens with zero attached hydrogens (tertiary/aromatic N) is 2. The Balaban J connectivity index is 0.00000208. The molecule has 0 aromatic heterocycles. The lowest BCUT2D eigenvalue weighted by Crippen LogP contribution is -2.55. The van der Waals surface area contributed by atoms with Crippen molar-refractivity contribution in [2.75, 3.05) is 45.9 Å². The van der Waals surface area contributed by atoms with Crippen LogP contribution >= 0.6 is 12.4 Å². The number of sulfonamides is 1. The van der Waals surface area contributed by atoms with Crippen molar-refractivity contribution in [3.05, 3.63) is 30.3 Å². The number of nitrogens with one attached hydrogen (secondary N) is 1. The maximum Gasteiger partial charge on any atom is 0.253 e. The molecule has 1 amide bonds. The van der Waals surface area contributed by atoms with E-state index in [-0.39, 0.29) is 18.3 Å². The van der Waals surface area contributed by atoms with Crippen molar-refractivity contribution in [2.24, 2.45) is 0 Å². The van der Waals surface area contributed by atoms with Crippen molar-refractivity contribution < 1.29 is 17.9 Å². The van der Waals surface area contributed by atoms with E-state index < -0.39 is 16.1 Å². The molecule has 2 fully saturated rings. The number of piperazine rings is 1. The molecular formula is C15H22ClN3O4S. The van der Waals surface area contributed by atoms with E-state index >= 15 is 0 Å². The van der Waals surface area contributed by atoms with Crippen molar-refractivity contribution in [1.29, 1.82) is 0 Å². The molecule has 2 aliphatic heterocycles. The normalized spacial score (nSPS) is 22.7. The van der Waals surface area contributed by atoms with Crippen LogP contribution in [0, 0.1) is 0 Å². The quantitative estimate of drug-likeness (QED) is 0.800. The van der Waals surface area contributed by atoms with Crippen LogP contribution < -0.4 is 5.32 Å². The van der Waals surface area contributed by atoms with Gasteiger partial charge in [-0.05, 0) is 12.1 Å². The van der Waals surface area contributed by atoms with Crippen LogP contribution in [0.2, 0.25) is 0 Å². The first-order chi connectivity index (χ1) is 11.1. The molecule has 2 heterocycles. The molecule has 7 nitrogen and oxygen atoms in total. The van der Waals surface area contributed by atoms with Crippen molar-refractivity contribution >= 4 is 28.3 Å². The number of morpholine rings is 1. The molecule has 2 aliphatic rings. The highest BCUT2D eigenvalue weighted by atomic mass is 35.5. The van der Waals surface area contributed by atoms with Crippen LogP contribution in [0.5, 0.6) is 0 Å². The topological polar surface area (TPSA) is 79.0 Å². The minimum Gasteiger partial charge on any atom is -0.366 e. The number of halogens is 1. The first-order valence-electron chi connectivity index (χ1n) is 7.75. The third kappa shape index (κ3) is 4.07. The highest BCUT2D eigenvalue weighted by Crippen LogP contribution is 2.17. The highest BCUT2D eigenvalue weighted by Gasteiger charge is 2.33. The fourth-order valence-electron chi connectivity index (χ4n) is 2.82. The van der Waals surface area contributed by atoms with Crippen LogP contribution in [-0.2, 0) is 19.6 Å². The van der Waals surface area contributed by atoms with Gasteiger partial charge in [0.2, 0.25) is 10.0 Å². The van der Waals surface area contributed by atoms with Crippen molar-refractivity contribution in [3.8, 4) is 0 Å². The van der Waals surface area contributed by atoms with E-state index in [1.165, 1.54) is 4.31 Å². The fourth-order valence-corrected chi connectivity index (χ4v) is 4.26. The van der Waals surface area contributed by atoms with E-state index in [9.17, 15) is 13.2 Å². The highest BCUT2D eigenvalue weighted by molar-refractivity contribution is 7.89. The van der Waals surface area contributed by atoms with Gasteiger partial charge in [-0.15, -0.1) is 12.4 Å². The molecule has 9 heteroatoms. The first kappa shape index (κ1) is 19.1. The summed E-state index contributed by atoms with van der Waals surface area (Å²) < 4.78 is 32.0. The minimum atomic E-state index is -3.48. The largest absolute Gasteiger partial charge is 0.366 e. The van der Waals surface area contributed by atoms with E-state index in [4.69, 9.17) is 4.74 Å². The summed E-state index contributed by atoms with van der Waals surface area (Å²) in [4.78, 5) is 14.4. The maximum atomic E-state index is 12.6. The average Bonchev–Trinajstić information content (AvgIpc) is 2.63. The number of ether oxygens (including phenoxy) is 1. The Morgan fingerprint density at radius 1 is 1.12 bits per heavy atom. The Hall–Kier alpha value is -1.19. The Bertz CT molecular complexity index is 642. The Morgan fingerprint density at radius 3 is 2.38 bits per heavy atom. The van der Waals surface area contributed by atoms with Gasteiger partial charge in [-0.2, -0.15) is 4.31 Å². The third-order valence-electron chi connectivity index (χ3n) is 4.13. The van der Waals surface area contributed by atoms with Gasteiger partial charge in [0.25, 0.3) is 5.91 Å². The van der Waals surface area contributed by atoms with Crippen molar-refractivity contribution in [1.82, 2.24) is 14.5 Å². The van der Waals surface area contributed by atoms with E-state index in [1.807, 2.05) is 0 Å². The van der Waals surface area contributed by atoms with E-state index in [1.54, 1.807) is 35.2 Å². The lowest BCUT2D eigenvalue weighted by molar-refractivity contribution is -0.146. The molecule has 1 unspecified atom stereocenters. The molecule has 0 radical (unpaired) electrons. The average molecular weight is 376 g/mol. The van der Waals surface area contributed by atoms with Crippen LogP contribution in [0.25, 0.3) is 0 Å². The molecule has 0 bridgehead atoms. The van der Waals surface area contributed by atoms with E-state index in [2.05, 4.69) is 5.32 Å². The van der Waals surface area contributed by atoms with Crippen LogP contribution in [0.15, 0.2) is 35.2 Å². The molecule has 1 aromatic rings.